The third-order valence-electron chi connectivity index (χ3n) is 2.00. The second kappa shape index (κ2) is 3.86. The van der Waals surface area contributed by atoms with Gasteiger partial charge in [-0.3, -0.25) is 4.68 Å². The van der Waals surface area contributed by atoms with E-state index in [-0.39, 0.29) is 0 Å². The topological polar surface area (TPSA) is 38.0 Å². The van der Waals surface area contributed by atoms with Crippen molar-refractivity contribution in [1.29, 1.82) is 0 Å². The van der Waals surface area contributed by atoms with Gasteiger partial charge in [-0.1, -0.05) is 30.3 Å². The summed E-state index contributed by atoms with van der Waals surface area (Å²) in [6.45, 7) is 0. The highest BCUT2D eigenvalue weighted by Crippen LogP contribution is 2.22. The summed E-state index contributed by atoms with van der Waals surface area (Å²) in [7, 11) is 1.81. The summed E-state index contributed by atoms with van der Waals surface area (Å²) < 4.78 is 10.6. The zero-order chi connectivity index (χ0) is 9.97. The largest absolute Gasteiger partial charge is 0.324 e. The van der Waals surface area contributed by atoms with Crippen molar-refractivity contribution in [2.24, 2.45) is 7.05 Å². The number of hydrogen-bond donors (Lipinski definition) is 1. The number of nitrogens with zero attached hydrogens (tertiary/aromatic N) is 2. The third kappa shape index (κ3) is 1.66. The van der Waals surface area contributed by atoms with Crippen LogP contribution < -0.4 is 0 Å². The van der Waals surface area contributed by atoms with Crippen LogP contribution in [0.5, 0.6) is 0 Å². The molecule has 4 heteroatoms. The maximum absolute atomic E-state index is 8.93. The van der Waals surface area contributed by atoms with E-state index in [0.29, 0.717) is 12.0 Å². The van der Waals surface area contributed by atoms with Crippen LogP contribution in [-0.4, -0.2) is 14.3 Å². The van der Waals surface area contributed by atoms with Crippen LogP contribution in [0.4, 0.5) is 0 Å². The zero-order valence-electron chi connectivity index (χ0n) is 7.71. The van der Waals surface area contributed by atoms with E-state index in [4.69, 9.17) is 4.55 Å². The molecule has 0 saturated heterocycles. The number of benzene rings is 1. The highest BCUT2D eigenvalue weighted by Gasteiger charge is 2.05. The molecule has 0 aliphatic rings. The fraction of sp³-hybridized carbons (Fsp3) is 0.100. The molecule has 0 saturated carbocycles. The third-order valence-corrected chi connectivity index (χ3v) is 2.57. The fourth-order valence-electron chi connectivity index (χ4n) is 1.29. The lowest BCUT2D eigenvalue weighted by Crippen LogP contribution is -1.91. The molecule has 1 N–H and O–H groups in total. The van der Waals surface area contributed by atoms with E-state index in [1.807, 2.05) is 43.4 Å². The molecule has 2 aromatic rings. The highest BCUT2D eigenvalue weighted by atomic mass is 32.2. The van der Waals surface area contributed by atoms with E-state index in [9.17, 15) is 0 Å². The van der Waals surface area contributed by atoms with Crippen molar-refractivity contribution in [3.8, 4) is 11.3 Å². The van der Waals surface area contributed by atoms with Gasteiger partial charge >= 0.3 is 0 Å². The molecule has 0 radical (unpaired) electrons. The molecule has 3 nitrogen and oxygen atoms in total. The summed E-state index contributed by atoms with van der Waals surface area (Å²) in [5.74, 6) is 0. The first kappa shape index (κ1) is 9.30. The summed E-state index contributed by atoms with van der Waals surface area (Å²) in [6, 6.07) is 11.8. The predicted octanol–water partition coefficient (Wildman–Crippen LogP) is 2.65. The molecule has 72 valence electrons. The summed E-state index contributed by atoms with van der Waals surface area (Å²) >= 11 is 0.711. The molecule has 0 amide bonds. The number of aromatic nitrogens is 2. The molecule has 0 aliphatic heterocycles. The van der Waals surface area contributed by atoms with Crippen molar-refractivity contribution in [1.82, 2.24) is 9.78 Å². The Kier molecular flexibility index (Phi) is 2.56. The van der Waals surface area contributed by atoms with E-state index < -0.39 is 0 Å². The van der Waals surface area contributed by atoms with Gasteiger partial charge in [0.2, 0.25) is 0 Å². The Morgan fingerprint density at radius 3 is 2.57 bits per heavy atom. The lowest BCUT2D eigenvalue weighted by atomic mass is 10.2. The molecule has 0 spiro atoms. The van der Waals surface area contributed by atoms with Gasteiger partial charge in [0.15, 0.2) is 0 Å². The molecule has 1 aromatic heterocycles. The predicted molar refractivity (Wildman–Crippen MR) is 57.1 cm³/mol. The Labute approximate surface area is 86.6 Å². The Bertz CT molecular complexity index is 425. The van der Waals surface area contributed by atoms with E-state index in [2.05, 4.69) is 5.10 Å². The average molecular weight is 206 g/mol. The van der Waals surface area contributed by atoms with Crippen molar-refractivity contribution in [2.45, 2.75) is 5.03 Å². The van der Waals surface area contributed by atoms with Crippen LogP contribution in [-0.2, 0) is 7.05 Å². The molecule has 14 heavy (non-hydrogen) atoms. The van der Waals surface area contributed by atoms with Gasteiger partial charge in [0.25, 0.3) is 0 Å². The van der Waals surface area contributed by atoms with Crippen molar-refractivity contribution in [2.75, 3.05) is 0 Å². The molecule has 0 fully saturated rings. The van der Waals surface area contributed by atoms with Gasteiger partial charge < -0.3 is 4.55 Å². The lowest BCUT2D eigenvalue weighted by molar-refractivity contribution is 0.634. The molecular weight excluding hydrogens is 196 g/mol. The summed E-state index contributed by atoms with van der Waals surface area (Å²) in [4.78, 5) is 0. The van der Waals surface area contributed by atoms with E-state index in [0.717, 1.165) is 16.3 Å². The van der Waals surface area contributed by atoms with E-state index in [1.54, 1.807) is 4.68 Å². The molecule has 1 heterocycles. The Morgan fingerprint density at radius 2 is 2.00 bits per heavy atom. The molecule has 2 rings (SSSR count). The van der Waals surface area contributed by atoms with Gasteiger partial charge in [-0.15, -0.1) is 0 Å². The average Bonchev–Trinajstić information content (AvgIpc) is 2.61. The molecule has 0 aliphatic carbocycles. The van der Waals surface area contributed by atoms with Gasteiger partial charge in [-0.2, -0.15) is 5.10 Å². The number of hydrogen-bond acceptors (Lipinski definition) is 3. The molecule has 0 unspecified atom stereocenters. The van der Waals surface area contributed by atoms with E-state index in [1.165, 1.54) is 0 Å². The van der Waals surface area contributed by atoms with Crippen LogP contribution in [0.1, 0.15) is 0 Å². The molecular formula is C10H10N2OS. The maximum Gasteiger partial charge on any atom is 0.121 e. The number of rotatable bonds is 2. The molecule has 0 bridgehead atoms. The first-order valence-electron chi connectivity index (χ1n) is 4.22. The van der Waals surface area contributed by atoms with E-state index >= 15 is 0 Å². The van der Waals surface area contributed by atoms with Crippen LogP contribution in [0.3, 0.4) is 0 Å². The second-order valence-electron chi connectivity index (χ2n) is 2.95. The number of aryl methyl sites for hydroxylation is 1. The smallest absolute Gasteiger partial charge is 0.121 e. The van der Waals surface area contributed by atoms with Gasteiger partial charge in [0, 0.05) is 30.7 Å². The molecule has 1 aromatic carbocycles. The van der Waals surface area contributed by atoms with Crippen LogP contribution in [0.25, 0.3) is 11.3 Å². The highest BCUT2D eigenvalue weighted by molar-refractivity contribution is 7.93. The van der Waals surface area contributed by atoms with Crippen LogP contribution in [0, 0.1) is 0 Å². The van der Waals surface area contributed by atoms with Crippen LogP contribution in [0.15, 0.2) is 41.4 Å². The Morgan fingerprint density at radius 1 is 1.29 bits per heavy atom. The quantitative estimate of drug-likeness (QED) is 0.768. The second-order valence-corrected chi connectivity index (χ2v) is 3.55. The minimum absolute atomic E-state index is 0.711. The van der Waals surface area contributed by atoms with Crippen molar-refractivity contribution in [3.05, 3.63) is 36.4 Å². The van der Waals surface area contributed by atoms with Gasteiger partial charge in [0.05, 0.1) is 5.69 Å². The molecule has 0 atom stereocenters. The zero-order valence-corrected chi connectivity index (χ0v) is 8.53. The Hall–Kier alpha value is -1.26. The van der Waals surface area contributed by atoms with Crippen molar-refractivity contribution in [3.63, 3.8) is 0 Å². The SMILES string of the molecule is Cn1nc(-c2ccccc2)cc1SO. The fourth-order valence-corrected chi connectivity index (χ4v) is 1.61. The van der Waals surface area contributed by atoms with Gasteiger partial charge in [-0.25, -0.2) is 0 Å². The lowest BCUT2D eigenvalue weighted by Gasteiger charge is -1.93. The normalized spacial score (nSPS) is 10.4. The first-order valence-corrected chi connectivity index (χ1v) is 4.99. The monoisotopic (exact) mass is 206 g/mol. The van der Waals surface area contributed by atoms with Crippen molar-refractivity contribution >= 4 is 12.0 Å². The van der Waals surface area contributed by atoms with Gasteiger partial charge in [-0.05, 0) is 0 Å². The van der Waals surface area contributed by atoms with Crippen molar-refractivity contribution < 1.29 is 4.55 Å². The summed E-state index contributed by atoms with van der Waals surface area (Å²) in [5, 5.41) is 5.03. The summed E-state index contributed by atoms with van der Waals surface area (Å²) in [5.41, 5.74) is 1.94. The minimum Gasteiger partial charge on any atom is -0.324 e. The maximum atomic E-state index is 8.93. The van der Waals surface area contributed by atoms with Gasteiger partial charge in [0.1, 0.15) is 5.03 Å². The first-order chi connectivity index (χ1) is 6.81. The minimum atomic E-state index is 0.711. The summed E-state index contributed by atoms with van der Waals surface area (Å²) in [6.07, 6.45) is 0. The standard InChI is InChI=1S/C10H10N2OS/c1-12-10(14-13)7-9(11-12)8-5-3-2-4-6-8/h2-7,13H,1H3. The van der Waals surface area contributed by atoms with Crippen LogP contribution >= 0.6 is 12.0 Å². The Balaban J connectivity index is 2.43. The van der Waals surface area contributed by atoms with Crippen LogP contribution in [0.2, 0.25) is 0 Å².